The van der Waals surface area contributed by atoms with E-state index in [-0.39, 0.29) is 31.1 Å². The molecule has 8 N–H and O–H groups in total. The summed E-state index contributed by atoms with van der Waals surface area (Å²) in [5.41, 5.74) is 20.4. The molecule has 2 aliphatic heterocycles. The number of nitrogens with one attached hydrogen (secondary N) is 1. The Morgan fingerprint density at radius 1 is 0.611 bits per heavy atom. The monoisotopic (exact) mass is 1240 g/mol. The van der Waals surface area contributed by atoms with Crippen molar-refractivity contribution in [1.82, 2.24) is 39.6 Å². The van der Waals surface area contributed by atoms with Gasteiger partial charge in [0.15, 0.2) is 0 Å². The van der Waals surface area contributed by atoms with Crippen LogP contribution in [0.3, 0.4) is 0 Å². The number of aliphatic hydroxyl groups is 1. The molecule has 24 nitrogen and oxygen atoms in total. The number of rotatable bonds is 19. The summed E-state index contributed by atoms with van der Waals surface area (Å²) < 4.78 is 51.2. The molecule has 0 radical (unpaired) electrons. The summed E-state index contributed by atoms with van der Waals surface area (Å²) in [6, 6.07) is 22.3. The zero-order chi connectivity index (χ0) is 52.7. The third-order valence-corrected chi connectivity index (χ3v) is 11.1. The number of methoxy groups -OCH3 is 2. The summed E-state index contributed by atoms with van der Waals surface area (Å²) in [4.78, 5) is 7.16. The number of aromatic nitrogens is 6. The van der Waals surface area contributed by atoms with Crippen molar-refractivity contribution in [1.29, 1.82) is 15.8 Å². The molecule has 2 saturated heterocycles. The maximum Gasteiger partial charge on any atom is 0.264 e. The summed E-state index contributed by atoms with van der Waals surface area (Å²) in [7, 11) is -0.109. The van der Waals surface area contributed by atoms with Gasteiger partial charge >= 0.3 is 0 Å². The van der Waals surface area contributed by atoms with Gasteiger partial charge < -0.3 is 56.4 Å². The Hall–Kier alpha value is -5.69. The van der Waals surface area contributed by atoms with E-state index in [1.54, 1.807) is 18.9 Å². The van der Waals surface area contributed by atoms with Crippen LogP contribution in [0.1, 0.15) is 16.7 Å². The number of aliphatic hydroxyl groups excluding tert-OH is 1. The minimum Gasteiger partial charge on any atom is -0.491 e. The Kier molecular flexibility index (Phi) is 28.5. The van der Waals surface area contributed by atoms with Crippen LogP contribution in [0.15, 0.2) is 67.1 Å². The minimum absolute atomic E-state index is 0.0310. The van der Waals surface area contributed by atoms with E-state index in [4.69, 9.17) is 57.0 Å². The van der Waals surface area contributed by atoms with Crippen molar-refractivity contribution >= 4 is 76.2 Å². The summed E-state index contributed by atoms with van der Waals surface area (Å²) >= 11 is 4.24. The highest BCUT2D eigenvalue weighted by Gasteiger charge is 2.18. The Morgan fingerprint density at radius 3 is 1.39 bits per heavy atom. The van der Waals surface area contributed by atoms with Gasteiger partial charge in [0, 0.05) is 122 Å². The van der Waals surface area contributed by atoms with Gasteiger partial charge in [0.05, 0.1) is 70.9 Å². The first-order chi connectivity index (χ1) is 34.8. The summed E-state index contributed by atoms with van der Waals surface area (Å²) in [6.07, 6.45) is 5.18. The summed E-state index contributed by atoms with van der Waals surface area (Å²) in [5.74, 6) is 2.73. The van der Waals surface area contributed by atoms with Crippen molar-refractivity contribution in [2.24, 2.45) is 0 Å². The molecule has 0 bridgehead atoms. The Bertz CT molecular complexity index is 2550. The molecular weight excluding hydrogens is 1180 g/mol. The molecule has 0 unspecified atom stereocenters. The predicted molar refractivity (Wildman–Crippen MR) is 291 cm³/mol. The molecule has 27 heteroatoms. The van der Waals surface area contributed by atoms with Gasteiger partial charge in [-0.25, -0.2) is 14.0 Å². The number of piperazine rings is 2. The lowest BCUT2D eigenvalue weighted by Crippen LogP contribution is -2.47. The number of hydrogen-bond donors (Lipinski definition) is 5. The number of benzene rings is 2. The van der Waals surface area contributed by atoms with Crippen molar-refractivity contribution in [3.05, 3.63) is 83.8 Å². The van der Waals surface area contributed by atoms with Crippen LogP contribution < -0.4 is 41.8 Å². The molecule has 5 aromatic rings. The predicted octanol–water partition coefficient (Wildman–Crippen LogP) is 2.72. The van der Waals surface area contributed by atoms with Gasteiger partial charge in [-0.05, 0) is 48.5 Å². The quantitative estimate of drug-likeness (QED) is 0.0451. The van der Waals surface area contributed by atoms with E-state index in [1.165, 1.54) is 39.3 Å². The molecule has 2 aromatic carbocycles. The number of nitrogens with zero attached hydrogens (tertiary/aromatic N) is 12. The summed E-state index contributed by atoms with van der Waals surface area (Å²) in [6.45, 7) is 12.5. The van der Waals surface area contributed by atoms with E-state index in [2.05, 4.69) is 107 Å². The highest BCUT2D eigenvalue weighted by atomic mass is 128. The first-order valence-corrected chi connectivity index (χ1v) is 30.5. The largest absolute Gasteiger partial charge is 0.491 e. The number of ether oxygens (including phenoxy) is 4. The molecular formula is C45H64I2N16O8S. The molecule has 7 rings (SSSR count). The van der Waals surface area contributed by atoms with Gasteiger partial charge in [-0.1, -0.05) is 0 Å². The normalized spacial score (nSPS) is 13.2. The number of nitriles is 3. The fraction of sp³-hybridized carbons (Fsp3) is 0.467. The second kappa shape index (κ2) is 33.9. The molecule has 0 atom stereocenters. The SMILES string of the molecule is COCCOc1ccc(N2CCN(CCn3ncc(C#N)c3N)CC2)cc1.COCCOc1ccc(N2CCNCC2)cc1.CS(=O)(=O)OCCn1ncc(C#N)c1N.II.N#Cc1cnn(CCO)c1N. The Balaban J connectivity index is 0.000000264. The fourth-order valence-electron chi connectivity index (χ4n) is 6.73. The van der Waals surface area contributed by atoms with E-state index in [0.717, 1.165) is 76.7 Å². The third-order valence-electron chi connectivity index (χ3n) is 10.5. The average molecular weight is 1240 g/mol. The van der Waals surface area contributed by atoms with Crippen LogP contribution >= 0.6 is 37.2 Å². The lowest BCUT2D eigenvalue weighted by atomic mass is 10.2. The van der Waals surface area contributed by atoms with E-state index in [9.17, 15) is 8.42 Å². The minimum atomic E-state index is -3.45. The van der Waals surface area contributed by atoms with Gasteiger partial charge in [-0.15, -0.1) is 0 Å². The van der Waals surface area contributed by atoms with Crippen molar-refractivity contribution in [2.45, 2.75) is 19.6 Å². The molecule has 3 aromatic heterocycles. The van der Waals surface area contributed by atoms with Gasteiger partial charge in [0.25, 0.3) is 10.1 Å². The summed E-state index contributed by atoms with van der Waals surface area (Å²) in [5, 5.41) is 49.6. The highest BCUT2D eigenvalue weighted by molar-refractivity contribution is 15.0. The standard InChI is InChI=1S/C19H26N6O2.C13H20N2O2.C7H10N4O3S.C6H8N4O.I2/c1-26-12-13-27-18-4-2-17(3-5-18)24-9-6-23(7-10-24)8-11-25-19(21)16(14-20)15-22-25;1-16-10-11-17-13-4-2-12(3-5-13)15-8-6-14-7-9-15;1-15(12,13)14-3-2-11-7(9)6(4-8)5-10-11;7-3-5-4-9-10(1-2-11)6(5)8;1-2/h2-5,15H,6-13,21H2,1H3;2-5,14H,6-11H2,1H3;5H,2-3,9H2,1H3;4,11H,1-2,8H2;. The number of nitrogen functional groups attached to an aromatic ring is 3. The van der Waals surface area contributed by atoms with Gasteiger partial charge in [-0.2, -0.15) is 39.5 Å². The molecule has 0 amide bonds. The maximum atomic E-state index is 10.6. The Labute approximate surface area is 444 Å². The number of nitrogens with two attached hydrogens (primary N) is 3. The van der Waals surface area contributed by atoms with Gasteiger partial charge in [-0.3, -0.25) is 9.08 Å². The van der Waals surface area contributed by atoms with E-state index < -0.39 is 10.1 Å². The second-order valence-corrected chi connectivity index (χ2v) is 17.0. The molecule has 0 saturated carbocycles. The molecule has 0 aliphatic carbocycles. The fourth-order valence-corrected chi connectivity index (χ4v) is 7.11. The average Bonchev–Trinajstić information content (AvgIpc) is 4.08. The van der Waals surface area contributed by atoms with Crippen molar-refractivity contribution < 1.29 is 36.7 Å². The number of anilines is 5. The number of hydrogen-bond acceptors (Lipinski definition) is 21. The van der Waals surface area contributed by atoms with Crippen molar-refractivity contribution in [3.63, 3.8) is 0 Å². The molecule has 2 aliphatic rings. The lowest BCUT2D eigenvalue weighted by Gasteiger charge is -2.36. The van der Waals surface area contributed by atoms with Crippen LogP contribution in [0.2, 0.25) is 0 Å². The molecule has 0 spiro atoms. The molecule has 72 heavy (non-hydrogen) atoms. The first kappa shape index (κ1) is 60.6. The van der Waals surface area contributed by atoms with Gasteiger partial charge in [0.1, 0.15) is 77.1 Å². The van der Waals surface area contributed by atoms with E-state index in [0.29, 0.717) is 62.3 Å². The smallest absolute Gasteiger partial charge is 0.264 e. The van der Waals surface area contributed by atoms with Crippen LogP contribution in [-0.4, -0.2) is 167 Å². The highest BCUT2D eigenvalue weighted by Crippen LogP contribution is 2.22. The lowest BCUT2D eigenvalue weighted by molar-refractivity contribution is 0.146. The second-order valence-electron chi connectivity index (χ2n) is 15.3. The zero-order valence-corrected chi connectivity index (χ0v) is 45.8. The maximum absolute atomic E-state index is 10.6. The molecule has 392 valence electrons. The topological polar surface area (TPSA) is 325 Å². The van der Waals surface area contributed by atoms with Crippen LogP contribution in [0.5, 0.6) is 11.5 Å². The molecule has 5 heterocycles. The van der Waals surface area contributed by atoms with Crippen molar-refractivity contribution in [2.75, 3.05) is 146 Å². The Morgan fingerprint density at radius 2 is 1.01 bits per heavy atom. The third kappa shape index (κ3) is 21.2. The van der Waals surface area contributed by atoms with Crippen LogP contribution in [-0.2, 0) is 43.4 Å². The number of halogens is 2. The van der Waals surface area contributed by atoms with E-state index in [1.807, 2.05) is 36.4 Å². The zero-order valence-electron chi connectivity index (χ0n) is 40.6. The molecule has 2 fully saturated rings. The first-order valence-electron chi connectivity index (χ1n) is 22.4. The van der Waals surface area contributed by atoms with Crippen LogP contribution in [0.25, 0.3) is 0 Å². The van der Waals surface area contributed by atoms with Crippen molar-refractivity contribution in [3.8, 4) is 29.7 Å². The van der Waals surface area contributed by atoms with E-state index >= 15 is 0 Å². The van der Waals surface area contributed by atoms with Gasteiger partial charge in [0.2, 0.25) is 0 Å². The van der Waals surface area contributed by atoms with Crippen LogP contribution in [0.4, 0.5) is 28.8 Å². The van der Waals surface area contributed by atoms with Crippen LogP contribution in [0, 0.1) is 34.0 Å².